The molecule has 0 amide bonds. The van der Waals surface area contributed by atoms with Crippen molar-refractivity contribution < 1.29 is 18.3 Å². The average molecular weight is 221 g/mol. The van der Waals surface area contributed by atoms with Crippen LogP contribution >= 0.6 is 0 Å². The second kappa shape index (κ2) is 3.86. The van der Waals surface area contributed by atoms with E-state index < -0.39 is 21.3 Å². The standard InChI is InChI=1S/C8H15NO4S/c1-2-9-8(7(10)11)3-5-14(12,13)6-4-8/h9H,2-6H2,1H3,(H,10,11). The summed E-state index contributed by atoms with van der Waals surface area (Å²) >= 11 is 0. The maximum Gasteiger partial charge on any atom is 0.323 e. The van der Waals surface area contributed by atoms with Gasteiger partial charge in [-0.05, 0) is 19.4 Å². The number of rotatable bonds is 3. The van der Waals surface area contributed by atoms with Gasteiger partial charge in [0.2, 0.25) is 0 Å². The van der Waals surface area contributed by atoms with E-state index in [1.165, 1.54) is 0 Å². The van der Waals surface area contributed by atoms with Gasteiger partial charge in [-0.3, -0.25) is 4.79 Å². The highest BCUT2D eigenvalue weighted by atomic mass is 32.2. The molecule has 0 aromatic carbocycles. The Kier molecular flexibility index (Phi) is 3.16. The highest BCUT2D eigenvalue weighted by molar-refractivity contribution is 7.91. The first-order chi connectivity index (χ1) is 6.42. The fraction of sp³-hybridized carbons (Fsp3) is 0.875. The van der Waals surface area contributed by atoms with Crippen molar-refractivity contribution in [2.45, 2.75) is 25.3 Å². The van der Waals surface area contributed by atoms with E-state index in [2.05, 4.69) is 5.32 Å². The lowest BCUT2D eigenvalue weighted by molar-refractivity contribution is -0.145. The van der Waals surface area contributed by atoms with Gasteiger partial charge in [-0.25, -0.2) is 8.42 Å². The van der Waals surface area contributed by atoms with E-state index in [1.807, 2.05) is 6.92 Å². The van der Waals surface area contributed by atoms with Crippen LogP contribution in [-0.2, 0) is 14.6 Å². The number of carboxylic acids is 1. The lowest BCUT2D eigenvalue weighted by Gasteiger charge is -2.33. The van der Waals surface area contributed by atoms with Crippen LogP contribution in [-0.4, -0.2) is 43.1 Å². The summed E-state index contributed by atoms with van der Waals surface area (Å²) in [4.78, 5) is 11.0. The number of nitrogens with one attached hydrogen (secondary N) is 1. The summed E-state index contributed by atoms with van der Waals surface area (Å²) in [6.07, 6.45) is 0.330. The van der Waals surface area contributed by atoms with Gasteiger partial charge in [0, 0.05) is 0 Å². The number of hydrogen-bond donors (Lipinski definition) is 2. The minimum atomic E-state index is -3.01. The predicted octanol–water partition coefficient (Wildman–Crippen LogP) is -0.372. The van der Waals surface area contributed by atoms with E-state index >= 15 is 0 Å². The Balaban J connectivity index is 2.79. The zero-order chi connectivity index (χ0) is 10.8. The monoisotopic (exact) mass is 221 g/mol. The summed E-state index contributed by atoms with van der Waals surface area (Å²) < 4.78 is 22.3. The molecular formula is C8H15NO4S. The van der Waals surface area contributed by atoms with Crippen LogP contribution in [0.25, 0.3) is 0 Å². The van der Waals surface area contributed by atoms with E-state index in [-0.39, 0.29) is 24.3 Å². The van der Waals surface area contributed by atoms with Crippen molar-refractivity contribution in [3.05, 3.63) is 0 Å². The Morgan fingerprint density at radius 3 is 2.29 bits per heavy atom. The van der Waals surface area contributed by atoms with Crippen molar-refractivity contribution >= 4 is 15.8 Å². The average Bonchev–Trinajstić information content (AvgIpc) is 2.09. The van der Waals surface area contributed by atoms with Gasteiger partial charge in [0.1, 0.15) is 15.4 Å². The van der Waals surface area contributed by atoms with Crippen LogP contribution < -0.4 is 5.32 Å². The molecule has 0 spiro atoms. The van der Waals surface area contributed by atoms with Crippen molar-refractivity contribution in [2.75, 3.05) is 18.1 Å². The fourth-order valence-corrected chi connectivity index (χ4v) is 3.21. The molecular weight excluding hydrogens is 206 g/mol. The van der Waals surface area contributed by atoms with Crippen molar-refractivity contribution in [2.24, 2.45) is 0 Å². The molecule has 0 radical (unpaired) electrons. The molecule has 1 aliphatic heterocycles. The Morgan fingerprint density at radius 2 is 1.93 bits per heavy atom. The van der Waals surface area contributed by atoms with Crippen LogP contribution in [0.2, 0.25) is 0 Å². The Hall–Kier alpha value is -0.620. The molecule has 2 N–H and O–H groups in total. The largest absolute Gasteiger partial charge is 0.480 e. The van der Waals surface area contributed by atoms with E-state index in [9.17, 15) is 13.2 Å². The molecule has 0 aromatic heterocycles. The van der Waals surface area contributed by atoms with Crippen LogP contribution in [0.15, 0.2) is 0 Å². The van der Waals surface area contributed by atoms with E-state index in [4.69, 9.17) is 5.11 Å². The third kappa shape index (κ3) is 2.24. The first-order valence-electron chi connectivity index (χ1n) is 4.61. The molecule has 0 aromatic rings. The van der Waals surface area contributed by atoms with Crippen molar-refractivity contribution in [3.63, 3.8) is 0 Å². The summed E-state index contributed by atoms with van der Waals surface area (Å²) in [7, 11) is -3.01. The first-order valence-corrected chi connectivity index (χ1v) is 6.43. The number of hydrogen-bond acceptors (Lipinski definition) is 4. The molecule has 82 valence electrons. The number of aliphatic carboxylic acids is 1. The van der Waals surface area contributed by atoms with E-state index in [0.717, 1.165) is 0 Å². The fourth-order valence-electron chi connectivity index (χ4n) is 1.69. The summed E-state index contributed by atoms with van der Waals surface area (Å²) in [5, 5.41) is 11.9. The van der Waals surface area contributed by atoms with Gasteiger partial charge in [0.15, 0.2) is 0 Å². The maximum atomic E-state index is 11.1. The normalized spacial score (nSPS) is 24.4. The quantitative estimate of drug-likeness (QED) is 0.679. The highest BCUT2D eigenvalue weighted by Crippen LogP contribution is 2.23. The Labute approximate surface area is 83.4 Å². The highest BCUT2D eigenvalue weighted by Gasteiger charge is 2.42. The van der Waals surface area contributed by atoms with Gasteiger partial charge < -0.3 is 10.4 Å². The summed E-state index contributed by atoms with van der Waals surface area (Å²) in [5.41, 5.74) is -1.03. The third-order valence-electron chi connectivity index (χ3n) is 2.60. The third-order valence-corrected chi connectivity index (χ3v) is 4.26. The SMILES string of the molecule is CCNC1(C(=O)O)CCS(=O)(=O)CC1. The van der Waals surface area contributed by atoms with Crippen LogP contribution in [0, 0.1) is 0 Å². The number of sulfone groups is 1. The van der Waals surface area contributed by atoms with Gasteiger partial charge in [0.25, 0.3) is 0 Å². The van der Waals surface area contributed by atoms with Crippen molar-refractivity contribution in [1.29, 1.82) is 0 Å². The van der Waals surface area contributed by atoms with E-state index in [0.29, 0.717) is 6.54 Å². The lowest BCUT2D eigenvalue weighted by atomic mass is 9.92. The smallest absolute Gasteiger partial charge is 0.323 e. The molecule has 14 heavy (non-hydrogen) atoms. The molecule has 6 heteroatoms. The molecule has 1 aliphatic rings. The van der Waals surface area contributed by atoms with Gasteiger partial charge in [-0.1, -0.05) is 6.92 Å². The summed E-state index contributed by atoms with van der Waals surface area (Å²) in [6, 6.07) is 0. The zero-order valence-corrected chi connectivity index (χ0v) is 8.93. The second-order valence-corrected chi connectivity index (χ2v) is 5.87. The van der Waals surface area contributed by atoms with E-state index in [1.54, 1.807) is 0 Å². The summed E-state index contributed by atoms with van der Waals surface area (Å²) in [5.74, 6) is -1.02. The van der Waals surface area contributed by atoms with Crippen LogP contribution in [0.5, 0.6) is 0 Å². The predicted molar refractivity (Wildman–Crippen MR) is 51.9 cm³/mol. The molecule has 1 heterocycles. The molecule has 1 fully saturated rings. The number of carbonyl (C=O) groups is 1. The molecule has 5 nitrogen and oxygen atoms in total. The molecule has 1 saturated heterocycles. The van der Waals surface area contributed by atoms with Crippen LogP contribution in [0.3, 0.4) is 0 Å². The molecule has 0 aliphatic carbocycles. The topological polar surface area (TPSA) is 83.5 Å². The van der Waals surface area contributed by atoms with Gasteiger partial charge in [-0.2, -0.15) is 0 Å². The molecule has 0 atom stereocenters. The molecule has 0 bridgehead atoms. The first kappa shape index (κ1) is 11.5. The molecule has 0 saturated carbocycles. The van der Waals surface area contributed by atoms with Crippen LogP contribution in [0.1, 0.15) is 19.8 Å². The molecule has 1 rings (SSSR count). The van der Waals surface area contributed by atoms with Crippen molar-refractivity contribution in [3.8, 4) is 0 Å². The number of carboxylic acid groups (broad SMARTS) is 1. The minimum Gasteiger partial charge on any atom is -0.480 e. The maximum absolute atomic E-state index is 11.1. The Morgan fingerprint density at radius 1 is 1.43 bits per heavy atom. The van der Waals surface area contributed by atoms with Crippen molar-refractivity contribution in [1.82, 2.24) is 5.32 Å². The van der Waals surface area contributed by atoms with Gasteiger partial charge in [-0.15, -0.1) is 0 Å². The van der Waals surface area contributed by atoms with Gasteiger partial charge in [0.05, 0.1) is 11.5 Å². The Bertz CT molecular complexity index is 308. The van der Waals surface area contributed by atoms with Gasteiger partial charge >= 0.3 is 5.97 Å². The number of likely N-dealkylation sites (N-methyl/N-ethyl adjacent to an activating group) is 1. The molecule has 0 unspecified atom stereocenters. The minimum absolute atomic E-state index is 0.0354. The van der Waals surface area contributed by atoms with Crippen LogP contribution in [0.4, 0.5) is 0 Å². The lowest BCUT2D eigenvalue weighted by Crippen LogP contribution is -2.56. The second-order valence-electron chi connectivity index (χ2n) is 3.57. The summed E-state index contributed by atoms with van der Waals surface area (Å²) in [6.45, 7) is 2.35. The zero-order valence-electron chi connectivity index (χ0n) is 8.12.